The number of ether oxygens (including phenoxy) is 1. The van der Waals surface area contributed by atoms with Gasteiger partial charge in [-0.05, 0) is 24.6 Å². The van der Waals surface area contributed by atoms with E-state index in [2.05, 4.69) is 22.8 Å². The molecule has 2 aromatic carbocycles. The molecule has 2 heterocycles. The number of hydrogen-bond donors (Lipinski definition) is 1. The first kappa shape index (κ1) is 18.7. The number of aromatic nitrogens is 3. The van der Waals surface area contributed by atoms with Crippen LogP contribution in [0.5, 0.6) is 0 Å². The predicted octanol–water partition coefficient (Wildman–Crippen LogP) is 4.05. The third-order valence-electron chi connectivity index (χ3n) is 4.61. The molecule has 8 heteroatoms. The normalized spacial score (nSPS) is 15.2. The smallest absolute Gasteiger partial charge is 0.305 e. The van der Waals surface area contributed by atoms with Gasteiger partial charge in [-0.25, -0.2) is 0 Å². The highest BCUT2D eigenvalue weighted by atomic mass is 35.5. The van der Waals surface area contributed by atoms with Gasteiger partial charge in [-0.2, -0.15) is 0 Å². The lowest BCUT2D eigenvalue weighted by Gasteiger charge is -2.12. The highest BCUT2D eigenvalue weighted by molar-refractivity contribution is 7.80. The van der Waals surface area contributed by atoms with Crippen LogP contribution in [0.25, 0.3) is 5.69 Å². The minimum absolute atomic E-state index is 0.221. The van der Waals surface area contributed by atoms with Crippen LogP contribution >= 0.6 is 24.2 Å². The second-order valence-corrected chi connectivity index (χ2v) is 7.17. The molecule has 0 fully saturated rings. The van der Waals surface area contributed by atoms with Gasteiger partial charge in [0.1, 0.15) is 6.04 Å². The molecule has 142 valence electrons. The van der Waals surface area contributed by atoms with Gasteiger partial charge in [0.15, 0.2) is 11.0 Å². The topological polar surface area (TPSA) is 69.4 Å². The quantitative estimate of drug-likeness (QED) is 0.518. The van der Waals surface area contributed by atoms with Gasteiger partial charge in [-0.1, -0.05) is 41.9 Å². The Balaban J connectivity index is 1.93. The van der Waals surface area contributed by atoms with E-state index in [-0.39, 0.29) is 18.4 Å². The van der Waals surface area contributed by atoms with Crippen LogP contribution in [0.4, 0.5) is 0 Å². The number of carbonyl (C=O) groups excluding carboxylic acids is 1. The second kappa shape index (κ2) is 7.77. The summed E-state index contributed by atoms with van der Waals surface area (Å²) in [5.74, 6) is 0.335. The van der Waals surface area contributed by atoms with Gasteiger partial charge < -0.3 is 4.74 Å². The van der Waals surface area contributed by atoms with Crippen molar-refractivity contribution in [1.29, 1.82) is 0 Å². The molecule has 1 aliphatic heterocycles. The zero-order valence-electron chi connectivity index (χ0n) is 15.0. The fraction of sp³-hybridized carbons (Fsp3) is 0.200. The van der Waals surface area contributed by atoms with Crippen LogP contribution in [-0.4, -0.2) is 33.6 Å². The fourth-order valence-electron chi connectivity index (χ4n) is 3.29. The lowest BCUT2D eigenvalue weighted by Crippen LogP contribution is -2.09. The Hall–Kier alpha value is -2.64. The predicted molar refractivity (Wildman–Crippen MR) is 110 cm³/mol. The van der Waals surface area contributed by atoms with Crippen LogP contribution < -0.4 is 0 Å². The molecule has 0 radical (unpaired) electrons. The maximum atomic E-state index is 11.7. The van der Waals surface area contributed by atoms with Crippen molar-refractivity contribution in [3.63, 3.8) is 0 Å². The van der Waals surface area contributed by atoms with E-state index in [1.807, 2.05) is 53.1 Å². The first-order valence-electron chi connectivity index (χ1n) is 8.73. The van der Waals surface area contributed by atoms with Crippen molar-refractivity contribution < 1.29 is 9.53 Å². The van der Waals surface area contributed by atoms with E-state index in [9.17, 15) is 4.79 Å². The van der Waals surface area contributed by atoms with Gasteiger partial charge in [0, 0.05) is 22.6 Å². The molecule has 6 nitrogen and oxygen atoms in total. The molecule has 1 aliphatic rings. The molecular formula is C20H17ClN4O2S. The van der Waals surface area contributed by atoms with Gasteiger partial charge >= 0.3 is 5.97 Å². The third-order valence-corrected chi connectivity index (χ3v) is 5.13. The number of thiol groups is 1. The lowest BCUT2D eigenvalue weighted by molar-refractivity contribution is -0.140. The average Bonchev–Trinajstić information content (AvgIpc) is 3.03. The Morgan fingerprint density at radius 1 is 1.21 bits per heavy atom. The Morgan fingerprint density at radius 3 is 2.75 bits per heavy atom. The van der Waals surface area contributed by atoms with E-state index in [1.165, 1.54) is 7.11 Å². The number of benzene rings is 2. The van der Waals surface area contributed by atoms with Crippen LogP contribution in [0.2, 0.25) is 5.02 Å². The van der Waals surface area contributed by atoms with Crippen LogP contribution in [0.1, 0.15) is 35.8 Å². The van der Waals surface area contributed by atoms with E-state index in [1.54, 1.807) is 0 Å². The maximum Gasteiger partial charge on any atom is 0.305 e. The summed E-state index contributed by atoms with van der Waals surface area (Å²) in [6.07, 6.45) is 0.662. The molecule has 0 aliphatic carbocycles. The Labute approximate surface area is 172 Å². The number of esters is 1. The average molecular weight is 413 g/mol. The Morgan fingerprint density at radius 2 is 2.00 bits per heavy atom. The number of nitrogens with zero attached hydrogens (tertiary/aromatic N) is 4. The number of fused-ring (bicyclic) bond motifs is 3. The van der Waals surface area contributed by atoms with Gasteiger partial charge in [-0.15, -0.1) is 22.8 Å². The molecule has 0 unspecified atom stereocenters. The SMILES string of the molecule is COC(=O)CC[C@@H]1N=C(c2ccccc2)c2cc(Cl)ccc2-n2c(S)nnc21. The van der Waals surface area contributed by atoms with Crippen molar-refractivity contribution >= 4 is 35.9 Å². The fourth-order valence-corrected chi connectivity index (χ4v) is 3.71. The van der Waals surface area contributed by atoms with Crippen LogP contribution in [-0.2, 0) is 9.53 Å². The summed E-state index contributed by atoms with van der Waals surface area (Å²) >= 11 is 10.8. The van der Waals surface area contributed by atoms with Crippen molar-refractivity contribution in [3.8, 4) is 5.69 Å². The molecule has 0 saturated carbocycles. The Kier molecular flexibility index (Phi) is 5.19. The molecule has 0 saturated heterocycles. The van der Waals surface area contributed by atoms with E-state index in [0.717, 1.165) is 22.5 Å². The summed E-state index contributed by atoms with van der Waals surface area (Å²) in [6.45, 7) is 0. The van der Waals surface area contributed by atoms with Crippen molar-refractivity contribution in [3.05, 3.63) is 70.5 Å². The first-order chi connectivity index (χ1) is 13.6. The number of carbonyl (C=O) groups is 1. The second-order valence-electron chi connectivity index (χ2n) is 6.33. The maximum absolute atomic E-state index is 11.7. The summed E-state index contributed by atoms with van der Waals surface area (Å²) in [7, 11) is 1.38. The first-order valence-corrected chi connectivity index (χ1v) is 9.55. The minimum atomic E-state index is -0.381. The van der Waals surface area contributed by atoms with E-state index >= 15 is 0 Å². The van der Waals surface area contributed by atoms with E-state index < -0.39 is 0 Å². The highest BCUT2D eigenvalue weighted by Gasteiger charge is 2.28. The third kappa shape index (κ3) is 3.43. The molecule has 0 spiro atoms. The zero-order chi connectivity index (χ0) is 19.7. The zero-order valence-corrected chi connectivity index (χ0v) is 16.7. The van der Waals surface area contributed by atoms with Crippen molar-refractivity contribution in [1.82, 2.24) is 14.8 Å². The van der Waals surface area contributed by atoms with Crippen molar-refractivity contribution in [2.75, 3.05) is 7.11 Å². The molecular weight excluding hydrogens is 396 g/mol. The summed E-state index contributed by atoms with van der Waals surface area (Å²) in [5, 5.41) is 9.46. The lowest BCUT2D eigenvalue weighted by atomic mass is 10.0. The molecule has 0 bridgehead atoms. The van der Waals surface area contributed by atoms with Crippen LogP contribution in [0.3, 0.4) is 0 Å². The standard InChI is InChI=1S/C20H17ClN4O2S/c1-27-17(26)10-8-15-19-23-24-20(28)25(19)16-9-7-13(21)11-14(16)18(22-15)12-5-3-2-4-6-12/h2-7,9,11,15H,8,10H2,1H3,(H,24,28)/t15-/m0/s1. The van der Waals surface area contributed by atoms with Crippen molar-refractivity contribution in [2.24, 2.45) is 4.99 Å². The summed E-state index contributed by atoms with van der Waals surface area (Å²) < 4.78 is 6.65. The molecule has 4 rings (SSSR count). The van der Waals surface area contributed by atoms with E-state index in [0.29, 0.717) is 22.4 Å². The summed E-state index contributed by atoms with van der Waals surface area (Å²) in [6, 6.07) is 15.1. The number of methoxy groups -OCH3 is 1. The molecule has 0 N–H and O–H groups in total. The van der Waals surface area contributed by atoms with Gasteiger partial charge in [0.25, 0.3) is 0 Å². The van der Waals surface area contributed by atoms with E-state index in [4.69, 9.17) is 21.3 Å². The van der Waals surface area contributed by atoms with Gasteiger partial charge in [-0.3, -0.25) is 14.4 Å². The number of halogens is 1. The summed E-state index contributed by atoms with van der Waals surface area (Å²) in [5.41, 5.74) is 3.44. The molecule has 0 amide bonds. The van der Waals surface area contributed by atoms with Crippen LogP contribution in [0.15, 0.2) is 58.7 Å². The molecule has 3 aromatic rings. The number of hydrogen-bond acceptors (Lipinski definition) is 6. The molecule has 28 heavy (non-hydrogen) atoms. The largest absolute Gasteiger partial charge is 0.469 e. The molecule has 1 aromatic heterocycles. The minimum Gasteiger partial charge on any atom is -0.469 e. The number of aliphatic imine (C=N–C) groups is 1. The highest BCUT2D eigenvalue weighted by Crippen LogP contribution is 2.35. The monoisotopic (exact) mass is 412 g/mol. The van der Waals surface area contributed by atoms with Gasteiger partial charge in [0.2, 0.25) is 0 Å². The number of rotatable bonds is 4. The van der Waals surface area contributed by atoms with Crippen LogP contribution in [0, 0.1) is 0 Å². The Bertz CT molecular complexity index is 1070. The summed E-state index contributed by atoms with van der Waals surface area (Å²) in [4.78, 5) is 16.7. The van der Waals surface area contributed by atoms with Crippen molar-refractivity contribution in [2.45, 2.75) is 24.0 Å². The van der Waals surface area contributed by atoms with Gasteiger partial charge in [0.05, 0.1) is 18.5 Å². The molecule has 1 atom stereocenters.